The van der Waals surface area contributed by atoms with Crippen LogP contribution in [0.1, 0.15) is 26.2 Å². The molecule has 0 unspecified atom stereocenters. The number of hydrogen-bond donors (Lipinski definition) is 2. The lowest BCUT2D eigenvalue weighted by Crippen LogP contribution is -2.31. The van der Waals surface area contributed by atoms with Gasteiger partial charge in [-0.1, -0.05) is 12.5 Å². The molecule has 0 radical (unpaired) electrons. The summed E-state index contributed by atoms with van der Waals surface area (Å²) in [7, 11) is 0. The van der Waals surface area contributed by atoms with Crippen molar-refractivity contribution in [2.45, 2.75) is 32.2 Å². The van der Waals surface area contributed by atoms with Gasteiger partial charge in [-0.25, -0.2) is 5.84 Å². The van der Waals surface area contributed by atoms with Gasteiger partial charge < -0.3 is 9.74 Å². The van der Waals surface area contributed by atoms with Crippen molar-refractivity contribution in [3.63, 3.8) is 0 Å². The fourth-order valence-electron chi connectivity index (χ4n) is 1.39. The summed E-state index contributed by atoms with van der Waals surface area (Å²) in [5.74, 6) is 4.53. The number of rotatable bonds is 6. The molecule has 1 aliphatic carbocycles. The molecule has 5 nitrogen and oxygen atoms in total. The summed E-state index contributed by atoms with van der Waals surface area (Å²) in [6.07, 6.45) is 2.92. The van der Waals surface area contributed by atoms with E-state index in [1.54, 1.807) is 0 Å². The highest BCUT2D eigenvalue weighted by atomic mass is 16.7. The average molecular weight is 187 g/mol. The number of nitrogens with zero attached hydrogens (tertiary/aromatic N) is 1. The highest BCUT2D eigenvalue weighted by Gasteiger charge is 2.27. The first-order valence-electron chi connectivity index (χ1n) is 4.67. The molecular formula is C8H17N3O2. The molecule has 0 atom stereocenters. The number of carbonyl (C=O) groups is 1. The topological polar surface area (TPSA) is 67.6 Å². The van der Waals surface area contributed by atoms with Crippen molar-refractivity contribution in [1.29, 1.82) is 0 Å². The highest BCUT2D eigenvalue weighted by molar-refractivity contribution is 5.69. The molecule has 13 heavy (non-hydrogen) atoms. The van der Waals surface area contributed by atoms with E-state index < -0.39 is 0 Å². The second-order valence-electron chi connectivity index (χ2n) is 3.20. The van der Waals surface area contributed by atoms with Crippen LogP contribution >= 0.6 is 0 Å². The van der Waals surface area contributed by atoms with Crippen LogP contribution in [0.15, 0.2) is 0 Å². The van der Waals surface area contributed by atoms with Crippen molar-refractivity contribution in [2.24, 2.45) is 5.84 Å². The van der Waals surface area contributed by atoms with Gasteiger partial charge in [0.05, 0.1) is 6.42 Å². The van der Waals surface area contributed by atoms with Gasteiger partial charge in [0.1, 0.15) is 0 Å². The summed E-state index contributed by atoms with van der Waals surface area (Å²) in [4.78, 5) is 17.6. The molecule has 0 aromatic heterocycles. The molecule has 1 rings (SSSR count). The molecule has 0 heterocycles. The zero-order valence-corrected chi connectivity index (χ0v) is 7.95. The summed E-state index contributed by atoms with van der Waals surface area (Å²) in [6, 6.07) is 0.698. The molecule has 76 valence electrons. The summed E-state index contributed by atoms with van der Waals surface area (Å²) >= 11 is 0. The Morgan fingerprint density at radius 3 is 2.85 bits per heavy atom. The summed E-state index contributed by atoms with van der Waals surface area (Å²) in [5.41, 5.74) is 1.89. The Morgan fingerprint density at radius 1 is 1.69 bits per heavy atom. The maximum Gasteiger partial charge on any atom is 0.327 e. The second kappa shape index (κ2) is 5.16. The normalized spacial score (nSPS) is 16.2. The standard InChI is InChI=1S/C8H17N3O2/c1-2-11(7-3-4-7)6-5-8(12)13-10-9/h7,10H,2-6,9H2,1H3. The third kappa shape index (κ3) is 3.71. The maximum absolute atomic E-state index is 10.9. The molecule has 0 aliphatic heterocycles. The largest absolute Gasteiger partial charge is 0.356 e. The van der Waals surface area contributed by atoms with E-state index in [2.05, 4.69) is 16.7 Å². The molecule has 1 aliphatic rings. The Morgan fingerprint density at radius 2 is 2.38 bits per heavy atom. The van der Waals surface area contributed by atoms with Crippen molar-refractivity contribution < 1.29 is 9.63 Å². The van der Waals surface area contributed by atoms with Gasteiger partial charge in [-0.15, -0.1) is 0 Å². The van der Waals surface area contributed by atoms with Crippen LogP contribution in [0.25, 0.3) is 0 Å². The molecule has 0 amide bonds. The molecule has 1 fully saturated rings. The van der Waals surface area contributed by atoms with Crippen molar-refractivity contribution in [3.05, 3.63) is 0 Å². The lowest BCUT2D eigenvalue weighted by Gasteiger charge is -2.18. The molecule has 0 saturated heterocycles. The predicted molar refractivity (Wildman–Crippen MR) is 48.3 cm³/mol. The van der Waals surface area contributed by atoms with E-state index in [-0.39, 0.29) is 5.97 Å². The van der Waals surface area contributed by atoms with Crippen LogP contribution < -0.4 is 11.4 Å². The van der Waals surface area contributed by atoms with E-state index in [0.717, 1.165) is 13.1 Å². The zero-order valence-electron chi connectivity index (χ0n) is 7.95. The minimum atomic E-state index is -0.304. The molecule has 0 bridgehead atoms. The van der Waals surface area contributed by atoms with Crippen molar-refractivity contribution >= 4 is 5.97 Å². The Kier molecular flexibility index (Phi) is 4.14. The van der Waals surface area contributed by atoms with Crippen LogP contribution in [0.3, 0.4) is 0 Å². The van der Waals surface area contributed by atoms with Crippen molar-refractivity contribution in [3.8, 4) is 0 Å². The van der Waals surface area contributed by atoms with Gasteiger partial charge in [-0.3, -0.25) is 4.79 Å². The number of hydrazine groups is 1. The quantitative estimate of drug-likeness (QED) is 0.444. The van der Waals surface area contributed by atoms with Crippen molar-refractivity contribution in [2.75, 3.05) is 13.1 Å². The van der Waals surface area contributed by atoms with Gasteiger partial charge in [0.15, 0.2) is 0 Å². The first-order chi connectivity index (χ1) is 6.27. The summed E-state index contributed by atoms with van der Waals surface area (Å²) in [5, 5.41) is 0. The fourth-order valence-corrected chi connectivity index (χ4v) is 1.39. The lowest BCUT2D eigenvalue weighted by molar-refractivity contribution is -0.151. The SMILES string of the molecule is CCN(CCC(=O)ONN)C1CC1. The van der Waals surface area contributed by atoms with E-state index in [1.807, 2.05) is 5.59 Å². The molecule has 0 aromatic carbocycles. The third-order valence-corrected chi connectivity index (χ3v) is 2.25. The van der Waals surface area contributed by atoms with Gasteiger partial charge in [0.2, 0.25) is 0 Å². The molecule has 1 saturated carbocycles. The second-order valence-corrected chi connectivity index (χ2v) is 3.20. The van der Waals surface area contributed by atoms with Crippen LogP contribution in [0.5, 0.6) is 0 Å². The maximum atomic E-state index is 10.9. The molecule has 3 N–H and O–H groups in total. The van der Waals surface area contributed by atoms with E-state index >= 15 is 0 Å². The monoisotopic (exact) mass is 187 g/mol. The zero-order chi connectivity index (χ0) is 9.68. The minimum Gasteiger partial charge on any atom is -0.356 e. The molecule has 0 aromatic rings. The average Bonchev–Trinajstić information content (AvgIpc) is 2.90. The Labute approximate surface area is 78.1 Å². The number of hydrogen-bond acceptors (Lipinski definition) is 5. The molecular weight excluding hydrogens is 170 g/mol. The fraction of sp³-hybridized carbons (Fsp3) is 0.875. The molecule has 0 spiro atoms. The molecule has 5 heteroatoms. The minimum absolute atomic E-state index is 0.304. The number of carbonyl (C=O) groups excluding carboxylic acids is 1. The Bertz CT molecular complexity index is 171. The lowest BCUT2D eigenvalue weighted by atomic mass is 10.3. The van der Waals surface area contributed by atoms with E-state index in [9.17, 15) is 4.79 Å². The Hall–Kier alpha value is -0.650. The summed E-state index contributed by atoms with van der Waals surface area (Å²) < 4.78 is 0. The first kappa shape index (κ1) is 10.4. The van der Waals surface area contributed by atoms with Crippen LogP contribution in [-0.2, 0) is 9.63 Å². The first-order valence-corrected chi connectivity index (χ1v) is 4.67. The van der Waals surface area contributed by atoms with Gasteiger partial charge in [-0.2, -0.15) is 0 Å². The Balaban J connectivity index is 2.11. The van der Waals surface area contributed by atoms with E-state index in [4.69, 9.17) is 5.84 Å². The van der Waals surface area contributed by atoms with Crippen LogP contribution in [0.2, 0.25) is 0 Å². The third-order valence-electron chi connectivity index (χ3n) is 2.25. The van der Waals surface area contributed by atoms with Gasteiger partial charge in [-0.05, 0) is 19.4 Å². The van der Waals surface area contributed by atoms with E-state index in [1.165, 1.54) is 12.8 Å². The number of nitrogens with two attached hydrogens (primary N) is 1. The number of nitrogens with one attached hydrogen (secondary N) is 1. The van der Waals surface area contributed by atoms with Crippen LogP contribution in [-0.4, -0.2) is 30.0 Å². The van der Waals surface area contributed by atoms with Gasteiger partial charge >= 0.3 is 5.97 Å². The van der Waals surface area contributed by atoms with Gasteiger partial charge in [0.25, 0.3) is 0 Å². The smallest absolute Gasteiger partial charge is 0.327 e. The summed E-state index contributed by atoms with van der Waals surface area (Å²) in [6.45, 7) is 3.86. The highest BCUT2D eigenvalue weighted by Crippen LogP contribution is 2.26. The van der Waals surface area contributed by atoms with E-state index in [0.29, 0.717) is 12.5 Å². The van der Waals surface area contributed by atoms with Crippen LogP contribution in [0, 0.1) is 0 Å². The van der Waals surface area contributed by atoms with Gasteiger partial charge in [0, 0.05) is 12.6 Å². The van der Waals surface area contributed by atoms with Crippen molar-refractivity contribution in [1.82, 2.24) is 10.5 Å². The van der Waals surface area contributed by atoms with Crippen LogP contribution in [0.4, 0.5) is 0 Å². The predicted octanol–water partition coefficient (Wildman–Crippen LogP) is -0.218.